The predicted octanol–water partition coefficient (Wildman–Crippen LogP) is 6.04. The zero-order chi connectivity index (χ0) is 44.5. The summed E-state index contributed by atoms with van der Waals surface area (Å²) in [6.07, 6.45) is 2.80. The third-order valence-corrected chi connectivity index (χ3v) is 10.1. The third-order valence-electron chi connectivity index (χ3n) is 10.1. The van der Waals surface area contributed by atoms with Crippen LogP contribution in [-0.4, -0.2) is 107 Å². The van der Waals surface area contributed by atoms with Crippen molar-refractivity contribution in [3.63, 3.8) is 0 Å². The maximum atomic E-state index is 14.8. The summed E-state index contributed by atoms with van der Waals surface area (Å²) in [5.41, 5.74) is -0.599. The molecule has 0 aliphatic rings. The molecule has 4 amide bonds. The van der Waals surface area contributed by atoms with Crippen molar-refractivity contribution in [1.29, 1.82) is 0 Å². The predicted molar refractivity (Wildman–Crippen MR) is 225 cm³/mol. The van der Waals surface area contributed by atoms with Crippen molar-refractivity contribution in [2.24, 2.45) is 18.4 Å². The number of nitrogens with zero attached hydrogens (tertiary/aromatic N) is 3. The zero-order valence-electron chi connectivity index (χ0n) is 37.7. The van der Waals surface area contributed by atoms with Crippen molar-refractivity contribution >= 4 is 46.7 Å². The number of aromatic nitrogens is 1. The molecule has 0 saturated carbocycles. The quantitative estimate of drug-likeness (QED) is 0.110. The molecule has 2 rings (SSSR count). The number of esters is 2. The second-order valence-corrected chi connectivity index (χ2v) is 17.8. The Morgan fingerprint density at radius 3 is 1.98 bits per heavy atom. The number of fused-ring (bicyclic) bond motifs is 1. The van der Waals surface area contributed by atoms with Gasteiger partial charge in [-0.1, -0.05) is 72.7 Å². The van der Waals surface area contributed by atoms with Gasteiger partial charge in [0.25, 0.3) is 0 Å². The number of rotatable bonds is 17. The highest BCUT2D eigenvalue weighted by atomic mass is 16.6. The van der Waals surface area contributed by atoms with Crippen molar-refractivity contribution in [2.45, 2.75) is 138 Å². The molecule has 0 radical (unpaired) electrons. The van der Waals surface area contributed by atoms with E-state index >= 15 is 0 Å². The molecule has 2 aromatic rings. The van der Waals surface area contributed by atoms with E-state index in [1.54, 1.807) is 54.7 Å². The van der Waals surface area contributed by atoms with Gasteiger partial charge < -0.3 is 34.3 Å². The summed E-state index contributed by atoms with van der Waals surface area (Å²) < 4.78 is 17.9. The Balaban J connectivity index is 2.55. The second-order valence-electron chi connectivity index (χ2n) is 17.8. The zero-order valence-corrected chi connectivity index (χ0v) is 37.7. The average molecular weight is 812 g/mol. The standard InChI is InChI=1S/C44H69N5O9/c1-17-56-34(50)24-23-31(40(54)57-18-2)45-37(51)28(5)25-33(27(3)4)48(15)39(53)35(42(6,7)8)46-38(52)36(49(16)41(55)58-43(9,10)11)44(12,13)30-26-47(14)32-22-20-19-21-29(30)32/h19-22,25-27,31,33,35-36H,17-18,23-24H2,1-16H3,(H,45,51)(H,46,52)/b28-25+/t31-,33-,35?,36-/m1/s1. The molecule has 14 heteroatoms. The van der Waals surface area contributed by atoms with E-state index in [1.807, 2.05) is 90.5 Å². The molecule has 1 heterocycles. The molecule has 1 aromatic carbocycles. The van der Waals surface area contributed by atoms with Crippen LogP contribution in [0.1, 0.15) is 108 Å². The summed E-state index contributed by atoms with van der Waals surface area (Å²) in [5.74, 6) is -2.90. The van der Waals surface area contributed by atoms with Crippen LogP contribution in [-0.2, 0) is 50.6 Å². The number of ether oxygens (including phenoxy) is 3. The number of para-hydroxylation sites is 1. The highest BCUT2D eigenvalue weighted by Crippen LogP contribution is 2.37. The largest absolute Gasteiger partial charge is 0.466 e. The van der Waals surface area contributed by atoms with Crippen LogP contribution < -0.4 is 10.6 Å². The first-order chi connectivity index (χ1) is 26.7. The number of hydrogen-bond donors (Lipinski definition) is 2. The van der Waals surface area contributed by atoms with Gasteiger partial charge in [0.15, 0.2) is 0 Å². The van der Waals surface area contributed by atoms with E-state index in [0.717, 1.165) is 16.5 Å². The van der Waals surface area contributed by atoms with Crippen LogP contribution in [0, 0.1) is 11.3 Å². The number of aryl methyl sites for hydroxylation is 1. The molecular formula is C44H69N5O9. The first-order valence-corrected chi connectivity index (χ1v) is 20.1. The van der Waals surface area contributed by atoms with E-state index in [-0.39, 0.29) is 37.5 Å². The normalized spacial score (nSPS) is 14.5. The fourth-order valence-electron chi connectivity index (χ4n) is 6.99. The minimum absolute atomic E-state index is 0.0168. The molecule has 0 saturated heterocycles. The second kappa shape index (κ2) is 20.2. The molecule has 0 fully saturated rings. The van der Waals surface area contributed by atoms with Gasteiger partial charge in [0.05, 0.1) is 19.3 Å². The van der Waals surface area contributed by atoms with Crippen molar-refractivity contribution in [3.05, 3.63) is 47.7 Å². The number of carbonyl (C=O) groups excluding carboxylic acids is 6. The number of likely N-dealkylation sites (N-methyl/N-ethyl adjacent to an activating group) is 2. The van der Waals surface area contributed by atoms with E-state index in [0.29, 0.717) is 0 Å². The molecule has 0 spiro atoms. The molecule has 0 aliphatic carbocycles. The Labute approximate surface area is 345 Å². The van der Waals surface area contributed by atoms with E-state index < -0.39 is 76.4 Å². The van der Waals surface area contributed by atoms with Crippen LogP contribution in [0.4, 0.5) is 4.79 Å². The van der Waals surface area contributed by atoms with Gasteiger partial charge in [-0.15, -0.1) is 0 Å². The van der Waals surface area contributed by atoms with Gasteiger partial charge in [-0.2, -0.15) is 0 Å². The molecule has 0 aliphatic heterocycles. The van der Waals surface area contributed by atoms with Crippen molar-refractivity contribution in [2.75, 3.05) is 27.3 Å². The molecule has 1 aromatic heterocycles. The summed E-state index contributed by atoms with van der Waals surface area (Å²) in [5, 5.41) is 6.64. The lowest BCUT2D eigenvalue weighted by Gasteiger charge is -2.42. The first-order valence-electron chi connectivity index (χ1n) is 20.1. The number of amides is 4. The van der Waals surface area contributed by atoms with E-state index in [1.165, 1.54) is 16.8 Å². The number of carbonyl (C=O) groups is 6. The van der Waals surface area contributed by atoms with Gasteiger partial charge in [-0.3, -0.25) is 24.1 Å². The fraction of sp³-hybridized carbons (Fsp3) is 0.636. The summed E-state index contributed by atoms with van der Waals surface area (Å²) in [6.45, 7) is 23.6. The first kappa shape index (κ1) is 49.3. The van der Waals surface area contributed by atoms with Gasteiger partial charge in [-0.05, 0) is 70.9 Å². The summed E-state index contributed by atoms with van der Waals surface area (Å²) in [6, 6.07) is 3.93. The summed E-state index contributed by atoms with van der Waals surface area (Å²) >= 11 is 0. The van der Waals surface area contributed by atoms with Gasteiger partial charge in [-0.25, -0.2) is 9.59 Å². The van der Waals surface area contributed by atoms with Gasteiger partial charge in [0.1, 0.15) is 23.7 Å². The maximum absolute atomic E-state index is 14.8. The van der Waals surface area contributed by atoms with Gasteiger partial charge in [0.2, 0.25) is 17.7 Å². The van der Waals surface area contributed by atoms with E-state index in [4.69, 9.17) is 14.2 Å². The Hall–Kier alpha value is -4.88. The third kappa shape index (κ3) is 12.8. The van der Waals surface area contributed by atoms with Crippen LogP contribution in [0.3, 0.4) is 0 Å². The highest BCUT2D eigenvalue weighted by Gasteiger charge is 2.47. The SMILES string of the molecule is CCOC(=O)CC[C@@H](NC(=O)/C(C)=C/[C@H](C(C)C)N(C)C(=O)C(NC(=O)[C@@H](N(C)C(=O)OC(C)(C)C)C(C)(C)c1cn(C)c2ccccc12)C(C)(C)C)C(=O)OCC. The lowest BCUT2D eigenvalue weighted by Crippen LogP contribution is -2.63. The molecule has 58 heavy (non-hydrogen) atoms. The van der Waals surface area contributed by atoms with Crippen LogP contribution in [0.2, 0.25) is 0 Å². The molecule has 14 nitrogen and oxygen atoms in total. The summed E-state index contributed by atoms with van der Waals surface area (Å²) in [7, 11) is 5.07. The van der Waals surface area contributed by atoms with E-state index in [9.17, 15) is 28.8 Å². The smallest absolute Gasteiger partial charge is 0.410 e. The Morgan fingerprint density at radius 1 is 0.862 bits per heavy atom. The van der Waals surface area contributed by atoms with Gasteiger partial charge >= 0.3 is 18.0 Å². The van der Waals surface area contributed by atoms with Crippen LogP contribution in [0.5, 0.6) is 0 Å². The summed E-state index contributed by atoms with van der Waals surface area (Å²) in [4.78, 5) is 84.2. The highest BCUT2D eigenvalue weighted by molar-refractivity contribution is 5.97. The Morgan fingerprint density at radius 2 is 1.45 bits per heavy atom. The molecule has 324 valence electrons. The van der Waals surface area contributed by atoms with Crippen LogP contribution in [0.25, 0.3) is 10.9 Å². The van der Waals surface area contributed by atoms with Crippen LogP contribution in [0.15, 0.2) is 42.1 Å². The maximum Gasteiger partial charge on any atom is 0.410 e. The Kier molecular flexibility index (Phi) is 17.2. The number of benzene rings is 1. The molecular weight excluding hydrogens is 743 g/mol. The molecule has 2 N–H and O–H groups in total. The minimum atomic E-state index is -1.13. The topological polar surface area (TPSA) is 166 Å². The Bertz CT molecular complexity index is 1810. The average Bonchev–Trinajstić information content (AvgIpc) is 3.46. The number of nitrogens with one attached hydrogen (secondary N) is 2. The van der Waals surface area contributed by atoms with Crippen molar-refractivity contribution in [1.82, 2.24) is 25.0 Å². The fourth-order valence-corrected chi connectivity index (χ4v) is 6.99. The minimum Gasteiger partial charge on any atom is -0.466 e. The lowest BCUT2D eigenvalue weighted by molar-refractivity contribution is -0.148. The monoisotopic (exact) mass is 812 g/mol. The molecule has 1 unspecified atom stereocenters. The lowest BCUT2D eigenvalue weighted by atomic mass is 9.76. The van der Waals surface area contributed by atoms with Crippen LogP contribution >= 0.6 is 0 Å². The van der Waals surface area contributed by atoms with Crippen molar-refractivity contribution in [3.8, 4) is 0 Å². The number of hydrogen-bond acceptors (Lipinski definition) is 9. The van der Waals surface area contributed by atoms with Crippen molar-refractivity contribution < 1.29 is 43.0 Å². The molecule has 0 bridgehead atoms. The van der Waals surface area contributed by atoms with Gasteiger partial charge in [0, 0.05) is 55.7 Å². The molecule has 4 atom stereocenters. The van der Waals surface area contributed by atoms with E-state index in [2.05, 4.69) is 10.6 Å².